The maximum Gasteiger partial charge on any atom is 0.371 e. The van der Waals surface area contributed by atoms with E-state index in [1.807, 2.05) is 65.4 Å². The highest BCUT2D eigenvalue weighted by atomic mass is 32.1. The molecule has 4 aromatic rings. The fraction of sp³-hybridized carbons (Fsp3) is 0.0455. The Bertz CT molecular complexity index is 1230. The zero-order valence-corrected chi connectivity index (χ0v) is 16.6. The van der Waals surface area contributed by atoms with E-state index in [-0.39, 0.29) is 5.76 Å². The van der Waals surface area contributed by atoms with Crippen LogP contribution < -0.4 is 10.7 Å². The van der Waals surface area contributed by atoms with Gasteiger partial charge in [0.15, 0.2) is 5.11 Å². The number of nitrogens with one attached hydrogen (secondary N) is 2. The molecule has 0 spiro atoms. The molecule has 0 radical (unpaired) electrons. The molecule has 0 fully saturated rings. The molecule has 4 rings (SSSR count). The first-order valence-electron chi connectivity index (χ1n) is 9.15. The second-order valence-corrected chi connectivity index (χ2v) is 6.90. The molecule has 0 atom stereocenters. The van der Waals surface area contributed by atoms with Crippen molar-refractivity contribution in [2.24, 2.45) is 5.10 Å². The average molecular weight is 418 g/mol. The minimum Gasteiger partial charge on any atom is -0.475 e. The Morgan fingerprint density at radius 3 is 2.63 bits per heavy atom. The van der Waals surface area contributed by atoms with Gasteiger partial charge in [-0.15, -0.1) is 0 Å². The van der Waals surface area contributed by atoms with Gasteiger partial charge in [0.05, 0.1) is 12.8 Å². The summed E-state index contributed by atoms with van der Waals surface area (Å²) in [5.74, 6) is -0.604. The predicted octanol–water partition coefficient (Wildman–Crippen LogP) is 4.30. The number of nitrogens with zero attached hydrogens (tertiary/aromatic N) is 2. The average Bonchev–Trinajstić information content (AvgIpc) is 3.35. The highest BCUT2D eigenvalue weighted by Gasteiger charge is 2.12. The summed E-state index contributed by atoms with van der Waals surface area (Å²) in [7, 11) is 0. The first kappa shape index (κ1) is 19.4. The van der Waals surface area contributed by atoms with Crippen LogP contribution in [-0.4, -0.2) is 27.0 Å². The molecule has 0 aliphatic heterocycles. The summed E-state index contributed by atoms with van der Waals surface area (Å²) < 4.78 is 7.37. The molecule has 0 aliphatic carbocycles. The first-order valence-corrected chi connectivity index (χ1v) is 9.56. The molecule has 0 saturated carbocycles. The lowest BCUT2D eigenvalue weighted by molar-refractivity contribution is 0.0660. The lowest BCUT2D eigenvalue weighted by Gasteiger charge is -2.05. The number of aromatic nitrogens is 1. The van der Waals surface area contributed by atoms with Crippen LogP contribution >= 0.6 is 12.2 Å². The van der Waals surface area contributed by atoms with Gasteiger partial charge in [-0.25, -0.2) is 4.79 Å². The van der Waals surface area contributed by atoms with Crippen molar-refractivity contribution in [3.63, 3.8) is 0 Å². The maximum atomic E-state index is 11.0. The van der Waals surface area contributed by atoms with Crippen LogP contribution in [0.4, 0.5) is 5.69 Å². The van der Waals surface area contributed by atoms with Crippen molar-refractivity contribution in [2.45, 2.75) is 6.54 Å². The lowest BCUT2D eigenvalue weighted by Crippen LogP contribution is -2.23. The monoisotopic (exact) mass is 418 g/mol. The molecule has 2 aromatic heterocycles. The van der Waals surface area contributed by atoms with Gasteiger partial charge in [0.1, 0.15) is 5.76 Å². The van der Waals surface area contributed by atoms with Gasteiger partial charge in [0, 0.05) is 28.4 Å². The molecule has 0 amide bonds. The number of hydrogen-bond acceptors (Lipinski definition) is 4. The predicted molar refractivity (Wildman–Crippen MR) is 120 cm³/mol. The Kier molecular flexibility index (Phi) is 5.58. The van der Waals surface area contributed by atoms with Crippen LogP contribution in [0.3, 0.4) is 0 Å². The third-order valence-corrected chi connectivity index (χ3v) is 4.61. The minimum atomic E-state index is -1.09. The highest BCUT2D eigenvalue weighted by Crippen LogP contribution is 2.22. The van der Waals surface area contributed by atoms with Gasteiger partial charge in [-0.1, -0.05) is 36.4 Å². The van der Waals surface area contributed by atoms with Crippen LogP contribution in [0.1, 0.15) is 21.9 Å². The number of anilines is 1. The number of hydrogen-bond donors (Lipinski definition) is 3. The number of thiocarbonyl (C=S) groups is 1. The molecule has 7 nitrogen and oxygen atoms in total. The third-order valence-electron chi connectivity index (χ3n) is 4.42. The highest BCUT2D eigenvalue weighted by molar-refractivity contribution is 7.80. The lowest BCUT2D eigenvalue weighted by atomic mass is 10.2. The van der Waals surface area contributed by atoms with Crippen molar-refractivity contribution in [2.75, 3.05) is 5.32 Å². The van der Waals surface area contributed by atoms with E-state index in [2.05, 4.69) is 15.8 Å². The number of furan rings is 1. The second kappa shape index (κ2) is 8.62. The first-order chi connectivity index (χ1) is 14.6. The van der Waals surface area contributed by atoms with E-state index in [1.54, 1.807) is 12.3 Å². The number of carbonyl (C=O) groups is 1. The number of carboxylic acid groups (broad SMARTS) is 1. The molecule has 150 valence electrons. The zero-order valence-electron chi connectivity index (χ0n) is 15.8. The topological polar surface area (TPSA) is 91.8 Å². The fourth-order valence-corrected chi connectivity index (χ4v) is 3.27. The molecular formula is C22H18N4O3S. The Hall–Kier alpha value is -3.91. The maximum absolute atomic E-state index is 11.0. The van der Waals surface area contributed by atoms with Crippen molar-refractivity contribution in [1.29, 1.82) is 0 Å². The summed E-state index contributed by atoms with van der Waals surface area (Å²) in [6.07, 6.45) is 3.63. The van der Waals surface area contributed by atoms with Gasteiger partial charge >= 0.3 is 5.97 Å². The van der Waals surface area contributed by atoms with E-state index in [0.717, 1.165) is 22.2 Å². The van der Waals surface area contributed by atoms with Gasteiger partial charge in [0.25, 0.3) is 0 Å². The van der Waals surface area contributed by atoms with Crippen molar-refractivity contribution < 1.29 is 14.3 Å². The van der Waals surface area contributed by atoms with Crippen LogP contribution in [0, 0.1) is 0 Å². The summed E-state index contributed by atoms with van der Waals surface area (Å²) in [4.78, 5) is 11.0. The SMILES string of the molecule is O=C(O)c1ccc(Cn2cc(/C=N/NC(=S)Nc3ccccc3)c3ccccc32)o1. The molecule has 2 aromatic carbocycles. The van der Waals surface area contributed by atoms with Crippen molar-refractivity contribution in [3.05, 3.63) is 90.0 Å². The molecule has 2 heterocycles. The molecular weight excluding hydrogens is 400 g/mol. The number of aromatic carboxylic acids is 1. The summed E-state index contributed by atoms with van der Waals surface area (Å²) in [5, 5.41) is 17.7. The largest absolute Gasteiger partial charge is 0.475 e. The van der Waals surface area contributed by atoms with E-state index < -0.39 is 5.97 Å². The van der Waals surface area contributed by atoms with Crippen LogP contribution in [0.5, 0.6) is 0 Å². The van der Waals surface area contributed by atoms with E-state index in [9.17, 15) is 4.79 Å². The minimum absolute atomic E-state index is 0.0770. The number of carboxylic acids is 1. The van der Waals surface area contributed by atoms with Gasteiger partial charge < -0.3 is 19.4 Å². The van der Waals surface area contributed by atoms with Crippen LogP contribution in [0.25, 0.3) is 10.9 Å². The Labute approximate surface area is 177 Å². The van der Waals surface area contributed by atoms with Gasteiger partial charge in [-0.2, -0.15) is 5.10 Å². The Morgan fingerprint density at radius 1 is 1.10 bits per heavy atom. The van der Waals surface area contributed by atoms with E-state index in [0.29, 0.717) is 17.4 Å². The Balaban J connectivity index is 1.50. The number of benzene rings is 2. The molecule has 30 heavy (non-hydrogen) atoms. The zero-order chi connectivity index (χ0) is 20.9. The summed E-state index contributed by atoms with van der Waals surface area (Å²) in [6, 6.07) is 20.6. The van der Waals surface area contributed by atoms with Gasteiger partial charge in [0.2, 0.25) is 5.76 Å². The van der Waals surface area contributed by atoms with Gasteiger partial charge in [-0.05, 0) is 42.5 Å². The van der Waals surface area contributed by atoms with E-state index in [1.165, 1.54) is 6.07 Å². The van der Waals surface area contributed by atoms with E-state index >= 15 is 0 Å². The van der Waals surface area contributed by atoms with Crippen molar-refractivity contribution in [1.82, 2.24) is 9.99 Å². The number of rotatable bonds is 6. The normalized spacial score (nSPS) is 11.1. The summed E-state index contributed by atoms with van der Waals surface area (Å²) in [5.41, 5.74) is 5.57. The van der Waals surface area contributed by atoms with Gasteiger partial charge in [-0.3, -0.25) is 5.43 Å². The fourth-order valence-electron chi connectivity index (χ4n) is 3.10. The number of hydrazone groups is 1. The smallest absolute Gasteiger partial charge is 0.371 e. The molecule has 3 N–H and O–H groups in total. The summed E-state index contributed by atoms with van der Waals surface area (Å²) >= 11 is 5.26. The van der Waals surface area contributed by atoms with Crippen molar-refractivity contribution in [3.8, 4) is 0 Å². The molecule has 0 bridgehead atoms. The molecule has 0 saturated heterocycles. The van der Waals surface area contributed by atoms with Crippen LogP contribution in [0.15, 0.2) is 82.4 Å². The Morgan fingerprint density at radius 2 is 1.87 bits per heavy atom. The third kappa shape index (κ3) is 4.39. The molecule has 0 aliphatic rings. The van der Waals surface area contributed by atoms with Crippen LogP contribution in [0.2, 0.25) is 0 Å². The molecule has 8 heteroatoms. The molecule has 0 unspecified atom stereocenters. The quantitative estimate of drug-likeness (QED) is 0.246. The number of para-hydroxylation sites is 2. The van der Waals surface area contributed by atoms with Crippen LogP contribution in [-0.2, 0) is 6.54 Å². The number of fused-ring (bicyclic) bond motifs is 1. The standard InChI is InChI=1S/C22H18N4O3S/c27-21(28)20-11-10-17(29-20)14-26-13-15(18-8-4-5-9-19(18)26)12-23-25-22(30)24-16-6-2-1-3-7-16/h1-13H,14H2,(H,27,28)(H2,24,25,30)/b23-12+. The van der Waals surface area contributed by atoms with E-state index in [4.69, 9.17) is 21.7 Å². The second-order valence-electron chi connectivity index (χ2n) is 6.49. The summed E-state index contributed by atoms with van der Waals surface area (Å²) in [6.45, 7) is 0.406. The van der Waals surface area contributed by atoms with Crippen molar-refractivity contribution >= 4 is 46.1 Å².